The van der Waals surface area contributed by atoms with Crippen molar-refractivity contribution in [2.45, 2.75) is 31.7 Å². The van der Waals surface area contributed by atoms with Crippen molar-refractivity contribution in [1.29, 1.82) is 0 Å². The molecule has 0 radical (unpaired) electrons. The molecular weight excluding hydrogens is 444 g/mol. The molecule has 0 saturated heterocycles. The van der Waals surface area contributed by atoms with E-state index in [0.717, 1.165) is 27.8 Å². The van der Waals surface area contributed by atoms with Gasteiger partial charge in [0.2, 0.25) is 5.91 Å². The molecule has 0 bridgehead atoms. The van der Waals surface area contributed by atoms with Gasteiger partial charge in [-0.2, -0.15) is 0 Å². The topological polar surface area (TPSA) is 105 Å². The Balaban J connectivity index is 1.29. The minimum absolute atomic E-state index is 0.0522. The van der Waals surface area contributed by atoms with E-state index in [-0.39, 0.29) is 24.0 Å². The zero-order valence-electron chi connectivity index (χ0n) is 19.5. The molecule has 2 amide bonds. The summed E-state index contributed by atoms with van der Waals surface area (Å²) >= 11 is 0. The highest BCUT2D eigenvalue weighted by atomic mass is 16.5. The summed E-state index contributed by atoms with van der Waals surface area (Å²) < 4.78 is 5.55. The second kappa shape index (κ2) is 10.9. The third-order valence-electron chi connectivity index (χ3n) is 6.25. The standard InChI is InChI=1S/C28H28N2O5/c1-2-25(26(31)29-15-14-18-8-7-9-19(16-18)27(32)33)30-28(34)35-17-24-22-12-5-3-10-20(22)21-11-4-6-13-23(21)24/h3-13,16,24-25H,2,14-15,17H2,1H3,(H,29,31)(H,30,34)(H,32,33). The van der Waals surface area contributed by atoms with Gasteiger partial charge < -0.3 is 20.5 Å². The maximum Gasteiger partial charge on any atom is 0.407 e. The highest BCUT2D eigenvalue weighted by Crippen LogP contribution is 2.44. The number of alkyl carbamates (subject to hydrolysis) is 1. The number of amides is 2. The summed E-state index contributed by atoms with van der Waals surface area (Å²) in [5.74, 6) is -1.35. The lowest BCUT2D eigenvalue weighted by molar-refractivity contribution is -0.123. The second-order valence-electron chi connectivity index (χ2n) is 8.48. The van der Waals surface area contributed by atoms with E-state index in [0.29, 0.717) is 19.4 Å². The van der Waals surface area contributed by atoms with Crippen LogP contribution in [0.3, 0.4) is 0 Å². The Labute approximate surface area is 204 Å². The number of rotatable bonds is 9. The Kier molecular flexibility index (Phi) is 7.45. The monoisotopic (exact) mass is 472 g/mol. The molecule has 35 heavy (non-hydrogen) atoms. The van der Waals surface area contributed by atoms with E-state index in [4.69, 9.17) is 9.84 Å². The molecule has 7 nitrogen and oxygen atoms in total. The quantitative estimate of drug-likeness (QED) is 0.429. The highest BCUT2D eigenvalue weighted by Gasteiger charge is 2.29. The third kappa shape index (κ3) is 5.51. The van der Waals surface area contributed by atoms with Crippen LogP contribution in [0.1, 0.15) is 46.3 Å². The molecule has 0 fully saturated rings. The van der Waals surface area contributed by atoms with Gasteiger partial charge in [-0.05, 0) is 52.8 Å². The lowest BCUT2D eigenvalue weighted by Gasteiger charge is -2.18. The average Bonchev–Trinajstić information content (AvgIpc) is 3.19. The third-order valence-corrected chi connectivity index (χ3v) is 6.25. The molecule has 180 valence electrons. The van der Waals surface area contributed by atoms with Crippen LogP contribution in [-0.4, -0.2) is 42.3 Å². The van der Waals surface area contributed by atoms with Crippen LogP contribution >= 0.6 is 0 Å². The molecule has 0 saturated carbocycles. The van der Waals surface area contributed by atoms with E-state index >= 15 is 0 Å². The summed E-state index contributed by atoms with van der Waals surface area (Å²) in [5, 5.41) is 14.6. The Morgan fingerprint density at radius 3 is 2.23 bits per heavy atom. The maximum absolute atomic E-state index is 12.6. The molecular formula is C28H28N2O5. The Hall–Kier alpha value is -4.13. The molecule has 3 aromatic carbocycles. The number of ether oxygens (including phenoxy) is 1. The van der Waals surface area contributed by atoms with Crippen LogP contribution in [0, 0.1) is 0 Å². The summed E-state index contributed by atoms with van der Waals surface area (Å²) in [6.45, 7) is 2.31. The fourth-order valence-corrected chi connectivity index (χ4v) is 4.45. The van der Waals surface area contributed by atoms with Gasteiger partial charge in [-0.25, -0.2) is 9.59 Å². The van der Waals surface area contributed by atoms with Crippen molar-refractivity contribution in [1.82, 2.24) is 10.6 Å². The van der Waals surface area contributed by atoms with Crippen LogP contribution < -0.4 is 10.6 Å². The Bertz CT molecular complexity index is 1190. The van der Waals surface area contributed by atoms with E-state index in [1.807, 2.05) is 37.3 Å². The average molecular weight is 473 g/mol. The van der Waals surface area contributed by atoms with Gasteiger partial charge in [0.25, 0.3) is 0 Å². The van der Waals surface area contributed by atoms with Gasteiger partial charge in [0, 0.05) is 12.5 Å². The molecule has 1 unspecified atom stereocenters. The predicted octanol–water partition coefficient (Wildman–Crippen LogP) is 4.36. The van der Waals surface area contributed by atoms with Crippen molar-refractivity contribution < 1.29 is 24.2 Å². The van der Waals surface area contributed by atoms with Crippen molar-refractivity contribution in [2.75, 3.05) is 13.2 Å². The molecule has 0 aromatic heterocycles. The smallest absolute Gasteiger partial charge is 0.407 e. The van der Waals surface area contributed by atoms with Gasteiger partial charge in [0.05, 0.1) is 5.56 Å². The molecule has 3 aromatic rings. The summed E-state index contributed by atoms with van der Waals surface area (Å²) in [7, 11) is 0. The molecule has 1 aliphatic carbocycles. The maximum atomic E-state index is 12.6. The number of nitrogens with one attached hydrogen (secondary N) is 2. The zero-order valence-corrected chi connectivity index (χ0v) is 19.5. The first-order valence-corrected chi connectivity index (χ1v) is 11.7. The van der Waals surface area contributed by atoms with E-state index in [2.05, 4.69) is 34.9 Å². The molecule has 7 heteroatoms. The van der Waals surface area contributed by atoms with Gasteiger partial charge in [0.1, 0.15) is 12.6 Å². The van der Waals surface area contributed by atoms with Crippen LogP contribution in [0.5, 0.6) is 0 Å². The van der Waals surface area contributed by atoms with Crippen molar-refractivity contribution in [3.8, 4) is 11.1 Å². The number of carbonyl (C=O) groups is 3. The fourth-order valence-electron chi connectivity index (χ4n) is 4.45. The summed E-state index contributed by atoms with van der Waals surface area (Å²) in [6.07, 6.45) is 0.252. The van der Waals surface area contributed by atoms with Crippen molar-refractivity contribution >= 4 is 18.0 Å². The van der Waals surface area contributed by atoms with Crippen molar-refractivity contribution in [3.05, 3.63) is 95.1 Å². The first kappa shape index (κ1) is 24.0. The molecule has 0 spiro atoms. The normalized spacial score (nSPS) is 12.8. The van der Waals surface area contributed by atoms with Crippen LogP contribution in [0.4, 0.5) is 4.79 Å². The van der Waals surface area contributed by atoms with Gasteiger partial charge in [-0.1, -0.05) is 67.6 Å². The predicted molar refractivity (Wildman–Crippen MR) is 132 cm³/mol. The minimum Gasteiger partial charge on any atom is -0.478 e. The fraction of sp³-hybridized carbons (Fsp3) is 0.250. The van der Waals surface area contributed by atoms with E-state index in [9.17, 15) is 14.4 Å². The Morgan fingerprint density at radius 1 is 0.943 bits per heavy atom. The first-order chi connectivity index (χ1) is 17.0. The SMILES string of the molecule is CCC(NC(=O)OCC1c2ccccc2-c2ccccc21)C(=O)NCCc1cccc(C(=O)O)c1. The summed E-state index contributed by atoms with van der Waals surface area (Å²) in [5.41, 5.74) is 5.56. The van der Waals surface area contributed by atoms with E-state index in [1.165, 1.54) is 6.07 Å². The number of hydrogen-bond donors (Lipinski definition) is 3. The number of aromatic carboxylic acids is 1. The summed E-state index contributed by atoms with van der Waals surface area (Å²) in [4.78, 5) is 36.2. The van der Waals surface area contributed by atoms with Crippen LogP contribution in [-0.2, 0) is 16.0 Å². The number of carboxylic acids is 1. The van der Waals surface area contributed by atoms with E-state index in [1.54, 1.807) is 12.1 Å². The van der Waals surface area contributed by atoms with Gasteiger partial charge in [-0.15, -0.1) is 0 Å². The van der Waals surface area contributed by atoms with Crippen LogP contribution in [0.2, 0.25) is 0 Å². The zero-order chi connectivity index (χ0) is 24.8. The highest BCUT2D eigenvalue weighted by molar-refractivity contribution is 5.88. The minimum atomic E-state index is -0.991. The van der Waals surface area contributed by atoms with Crippen LogP contribution in [0.15, 0.2) is 72.8 Å². The van der Waals surface area contributed by atoms with Crippen molar-refractivity contribution in [2.24, 2.45) is 0 Å². The number of carboxylic acid groups (broad SMARTS) is 1. The Morgan fingerprint density at radius 2 is 1.60 bits per heavy atom. The lowest BCUT2D eigenvalue weighted by Crippen LogP contribution is -2.47. The summed E-state index contributed by atoms with van der Waals surface area (Å²) in [6, 6.07) is 22.1. The first-order valence-electron chi connectivity index (χ1n) is 11.7. The van der Waals surface area contributed by atoms with Gasteiger partial charge >= 0.3 is 12.1 Å². The lowest BCUT2D eigenvalue weighted by atomic mass is 9.98. The molecule has 1 aliphatic rings. The van der Waals surface area contributed by atoms with Crippen LogP contribution in [0.25, 0.3) is 11.1 Å². The number of fused-ring (bicyclic) bond motifs is 3. The van der Waals surface area contributed by atoms with E-state index < -0.39 is 18.1 Å². The number of benzene rings is 3. The molecule has 0 heterocycles. The van der Waals surface area contributed by atoms with Crippen molar-refractivity contribution in [3.63, 3.8) is 0 Å². The van der Waals surface area contributed by atoms with Gasteiger partial charge in [0.15, 0.2) is 0 Å². The largest absolute Gasteiger partial charge is 0.478 e. The second-order valence-corrected chi connectivity index (χ2v) is 8.48. The number of hydrogen-bond acceptors (Lipinski definition) is 4. The molecule has 4 rings (SSSR count). The molecule has 1 atom stereocenters. The number of carbonyl (C=O) groups excluding carboxylic acids is 2. The van der Waals surface area contributed by atoms with Gasteiger partial charge in [-0.3, -0.25) is 4.79 Å². The molecule has 3 N–H and O–H groups in total. The molecule has 0 aliphatic heterocycles.